The lowest BCUT2D eigenvalue weighted by Gasteiger charge is -1.97. The maximum absolute atomic E-state index is 11.6. The van der Waals surface area contributed by atoms with Crippen molar-refractivity contribution in [3.63, 3.8) is 0 Å². The van der Waals surface area contributed by atoms with Crippen molar-refractivity contribution in [3.8, 4) is 0 Å². The Kier molecular flexibility index (Phi) is 8.92. The van der Waals surface area contributed by atoms with E-state index in [1.54, 1.807) is 11.3 Å². The zero-order chi connectivity index (χ0) is 16.5. The molecule has 0 aliphatic rings. The van der Waals surface area contributed by atoms with Gasteiger partial charge in [-0.15, -0.1) is 11.3 Å². The van der Waals surface area contributed by atoms with E-state index in [1.165, 1.54) is 24.8 Å². The largest absolute Gasteiger partial charge is 0.490 e. The van der Waals surface area contributed by atoms with E-state index in [0.29, 0.717) is 5.78 Å². The highest BCUT2D eigenvalue weighted by atomic mass is 32.1. The Bertz CT molecular complexity index is 453. The zero-order valence-corrected chi connectivity index (χ0v) is 12.8. The van der Waals surface area contributed by atoms with Crippen LogP contribution in [-0.4, -0.2) is 23.0 Å². The van der Waals surface area contributed by atoms with Crippen LogP contribution in [0.1, 0.15) is 54.3 Å². The van der Waals surface area contributed by atoms with Gasteiger partial charge in [-0.05, 0) is 30.4 Å². The van der Waals surface area contributed by atoms with E-state index >= 15 is 0 Å². The molecule has 0 radical (unpaired) electrons. The summed E-state index contributed by atoms with van der Waals surface area (Å²) in [5, 5.41) is 9.17. The van der Waals surface area contributed by atoms with Gasteiger partial charge in [0.2, 0.25) is 0 Å². The third kappa shape index (κ3) is 9.23. The molecule has 0 aromatic carbocycles. The molecule has 1 heterocycles. The maximum atomic E-state index is 11.6. The van der Waals surface area contributed by atoms with Gasteiger partial charge in [0.25, 0.3) is 0 Å². The van der Waals surface area contributed by atoms with Crippen LogP contribution in [0.25, 0.3) is 0 Å². The molecule has 1 aromatic heterocycles. The molecule has 21 heavy (non-hydrogen) atoms. The second kappa shape index (κ2) is 9.55. The molecule has 120 valence electrons. The Labute approximate surface area is 125 Å². The first-order valence-corrected chi connectivity index (χ1v) is 7.44. The number of aliphatic carboxylic acids is 1. The molecule has 0 unspecified atom stereocenters. The topological polar surface area (TPSA) is 54.4 Å². The molecule has 0 atom stereocenters. The summed E-state index contributed by atoms with van der Waals surface area (Å²) in [6.07, 6.45) is 0.346. The standard InChI is InChI=1S/C12H18OS.C2HF3O2/c1-3-4-5-6-7-11(13)12-8-10(2)9-14-12;3-2(4,5)1(6)7/h8-9H,3-7H2,1-2H3;(H,6,7). The minimum absolute atomic E-state index is 0.319. The van der Waals surface area contributed by atoms with Crippen molar-refractivity contribution in [2.75, 3.05) is 0 Å². The quantitative estimate of drug-likeness (QED) is 0.601. The lowest BCUT2D eigenvalue weighted by molar-refractivity contribution is -0.192. The fourth-order valence-corrected chi connectivity index (χ4v) is 2.28. The molecular weight excluding hydrogens is 305 g/mol. The summed E-state index contributed by atoms with van der Waals surface area (Å²) < 4.78 is 31.7. The third-order valence-electron chi connectivity index (χ3n) is 2.51. The Morgan fingerprint density at radius 2 is 1.81 bits per heavy atom. The number of rotatable bonds is 6. The number of carbonyl (C=O) groups excluding carboxylic acids is 1. The van der Waals surface area contributed by atoms with Crippen LogP contribution in [0.4, 0.5) is 13.2 Å². The van der Waals surface area contributed by atoms with E-state index in [9.17, 15) is 18.0 Å². The van der Waals surface area contributed by atoms with Crippen LogP contribution in [0.2, 0.25) is 0 Å². The Balaban J connectivity index is 0.000000486. The van der Waals surface area contributed by atoms with Gasteiger partial charge >= 0.3 is 12.1 Å². The van der Waals surface area contributed by atoms with Crippen molar-refractivity contribution in [1.82, 2.24) is 0 Å². The summed E-state index contributed by atoms with van der Waals surface area (Å²) in [6, 6.07) is 1.99. The van der Waals surface area contributed by atoms with Gasteiger partial charge in [0.1, 0.15) is 0 Å². The van der Waals surface area contributed by atoms with Crippen LogP contribution < -0.4 is 0 Å². The molecule has 0 amide bonds. The molecule has 3 nitrogen and oxygen atoms in total. The van der Waals surface area contributed by atoms with Gasteiger partial charge in [-0.2, -0.15) is 13.2 Å². The highest BCUT2D eigenvalue weighted by molar-refractivity contribution is 7.12. The van der Waals surface area contributed by atoms with Crippen LogP contribution in [0.15, 0.2) is 11.4 Å². The van der Waals surface area contributed by atoms with Crippen LogP contribution in [0.5, 0.6) is 0 Å². The number of halogens is 3. The number of Topliss-reactive ketones (excluding diaryl/α,β-unsaturated/α-hetero) is 1. The summed E-state index contributed by atoms with van der Waals surface area (Å²) in [7, 11) is 0. The lowest BCUT2D eigenvalue weighted by Crippen LogP contribution is -2.21. The number of alkyl halides is 3. The van der Waals surface area contributed by atoms with E-state index < -0.39 is 12.1 Å². The first kappa shape index (κ1) is 19.6. The van der Waals surface area contributed by atoms with Crippen molar-refractivity contribution in [3.05, 3.63) is 21.9 Å². The third-order valence-corrected chi connectivity index (χ3v) is 3.59. The molecule has 0 saturated carbocycles. The highest BCUT2D eigenvalue weighted by Gasteiger charge is 2.38. The summed E-state index contributed by atoms with van der Waals surface area (Å²) in [4.78, 5) is 21.5. The second-order valence-electron chi connectivity index (χ2n) is 4.53. The van der Waals surface area contributed by atoms with Gasteiger partial charge in [-0.25, -0.2) is 4.79 Å². The molecule has 0 fully saturated rings. The van der Waals surface area contributed by atoms with Gasteiger partial charge in [-0.3, -0.25) is 4.79 Å². The minimum Gasteiger partial charge on any atom is -0.475 e. The highest BCUT2D eigenvalue weighted by Crippen LogP contribution is 2.17. The fourth-order valence-electron chi connectivity index (χ4n) is 1.41. The molecule has 0 bridgehead atoms. The number of unbranched alkanes of at least 4 members (excludes halogenated alkanes) is 3. The predicted octanol–water partition coefficient (Wildman–Crippen LogP) is 4.84. The summed E-state index contributed by atoms with van der Waals surface area (Å²) in [5.74, 6) is -2.44. The van der Waals surface area contributed by atoms with Crippen molar-refractivity contribution in [1.29, 1.82) is 0 Å². The van der Waals surface area contributed by atoms with Gasteiger partial charge in [0.05, 0.1) is 4.88 Å². The summed E-state index contributed by atoms with van der Waals surface area (Å²) in [5.41, 5.74) is 1.20. The molecule has 7 heteroatoms. The predicted molar refractivity (Wildman–Crippen MR) is 75.8 cm³/mol. The van der Waals surface area contributed by atoms with Gasteiger partial charge in [0, 0.05) is 6.42 Å². The first-order chi connectivity index (χ1) is 9.68. The number of carbonyl (C=O) groups is 2. The van der Waals surface area contributed by atoms with Crippen molar-refractivity contribution >= 4 is 23.1 Å². The summed E-state index contributed by atoms with van der Waals surface area (Å²) >= 11 is 1.57. The van der Waals surface area contributed by atoms with Crippen LogP contribution in [0, 0.1) is 6.92 Å². The number of ketones is 1. The monoisotopic (exact) mass is 324 g/mol. The number of aryl methyl sites for hydroxylation is 1. The molecular formula is C14H19F3O3S. The van der Waals surface area contributed by atoms with E-state index in [4.69, 9.17) is 9.90 Å². The van der Waals surface area contributed by atoms with Crippen molar-refractivity contribution in [2.24, 2.45) is 0 Å². The zero-order valence-electron chi connectivity index (χ0n) is 12.0. The molecule has 1 N–H and O–H groups in total. The average molecular weight is 324 g/mol. The van der Waals surface area contributed by atoms with E-state index in [0.717, 1.165) is 17.7 Å². The van der Waals surface area contributed by atoms with Gasteiger partial charge in [0.15, 0.2) is 5.78 Å². The van der Waals surface area contributed by atoms with E-state index in [2.05, 4.69) is 6.92 Å². The Morgan fingerprint density at radius 3 is 2.19 bits per heavy atom. The molecule has 1 rings (SSSR count). The Hall–Kier alpha value is -1.37. The first-order valence-electron chi connectivity index (χ1n) is 6.57. The number of hydrogen-bond acceptors (Lipinski definition) is 3. The SMILES string of the molecule is CCCCCCC(=O)c1cc(C)cs1.O=C(O)C(F)(F)F. The van der Waals surface area contributed by atoms with Crippen LogP contribution >= 0.6 is 11.3 Å². The maximum Gasteiger partial charge on any atom is 0.490 e. The molecule has 0 aliphatic heterocycles. The normalized spacial score (nSPS) is 10.7. The van der Waals surface area contributed by atoms with Crippen LogP contribution in [-0.2, 0) is 4.79 Å². The minimum atomic E-state index is -5.08. The number of thiophene rings is 1. The number of carboxylic acid groups (broad SMARTS) is 1. The number of carboxylic acids is 1. The summed E-state index contributed by atoms with van der Waals surface area (Å²) in [6.45, 7) is 4.22. The van der Waals surface area contributed by atoms with Gasteiger partial charge in [-0.1, -0.05) is 26.2 Å². The van der Waals surface area contributed by atoms with Crippen molar-refractivity contribution in [2.45, 2.75) is 52.1 Å². The second-order valence-corrected chi connectivity index (χ2v) is 5.44. The molecule has 0 saturated heterocycles. The van der Waals surface area contributed by atoms with E-state index in [-0.39, 0.29) is 0 Å². The fraction of sp³-hybridized carbons (Fsp3) is 0.571. The van der Waals surface area contributed by atoms with E-state index in [1.807, 2.05) is 18.4 Å². The molecule has 0 spiro atoms. The molecule has 1 aromatic rings. The smallest absolute Gasteiger partial charge is 0.475 e. The van der Waals surface area contributed by atoms with Gasteiger partial charge < -0.3 is 5.11 Å². The average Bonchev–Trinajstić information content (AvgIpc) is 2.81. The van der Waals surface area contributed by atoms with Crippen molar-refractivity contribution < 1.29 is 27.9 Å². The van der Waals surface area contributed by atoms with Crippen LogP contribution in [0.3, 0.4) is 0 Å². The molecule has 0 aliphatic carbocycles. The Morgan fingerprint density at radius 1 is 1.24 bits per heavy atom. The lowest BCUT2D eigenvalue weighted by atomic mass is 10.1. The number of hydrogen-bond donors (Lipinski definition) is 1.